The molecule has 0 aliphatic rings. The topological polar surface area (TPSA) is 95.5 Å². The lowest BCUT2D eigenvalue weighted by molar-refractivity contribution is -0.385. The normalized spacial score (nSPS) is 10.5. The molecular formula is C14H12N2O5S2. The van der Waals surface area contributed by atoms with E-state index in [1.165, 1.54) is 12.1 Å². The Balaban J connectivity index is 2.09. The first-order chi connectivity index (χ1) is 10.9. The van der Waals surface area contributed by atoms with E-state index in [-0.39, 0.29) is 11.4 Å². The minimum absolute atomic E-state index is 0.0233. The van der Waals surface area contributed by atoms with Gasteiger partial charge in [-0.05, 0) is 26.0 Å². The third-order valence-electron chi connectivity index (χ3n) is 3.15. The van der Waals surface area contributed by atoms with Gasteiger partial charge in [-0.25, -0.2) is 3.63 Å². The quantitative estimate of drug-likeness (QED) is 0.416. The van der Waals surface area contributed by atoms with Gasteiger partial charge in [0.25, 0.3) is 11.4 Å². The zero-order valence-electron chi connectivity index (χ0n) is 12.2. The van der Waals surface area contributed by atoms with E-state index < -0.39 is 9.85 Å². The summed E-state index contributed by atoms with van der Waals surface area (Å²) in [4.78, 5) is 22.1. The van der Waals surface area contributed by atoms with Gasteiger partial charge in [-0.2, -0.15) is 0 Å². The second-order valence-electron chi connectivity index (χ2n) is 4.55. The second-order valence-corrected chi connectivity index (χ2v) is 6.31. The summed E-state index contributed by atoms with van der Waals surface area (Å²) in [7, 11) is 0. The van der Waals surface area contributed by atoms with Gasteiger partial charge < -0.3 is 0 Å². The molecule has 23 heavy (non-hydrogen) atoms. The van der Waals surface area contributed by atoms with Crippen molar-refractivity contribution < 1.29 is 13.5 Å². The number of hydrogen-bond donors (Lipinski definition) is 0. The minimum Gasteiger partial charge on any atom is -0.258 e. The third-order valence-corrected chi connectivity index (χ3v) is 4.94. The Bertz CT molecular complexity index is 703. The Morgan fingerprint density at radius 3 is 1.57 bits per heavy atom. The number of nitro benzene ring substituents is 2. The smallest absolute Gasteiger partial charge is 0.258 e. The van der Waals surface area contributed by atoms with E-state index in [0.29, 0.717) is 20.9 Å². The third kappa shape index (κ3) is 4.01. The van der Waals surface area contributed by atoms with Crippen LogP contribution in [0.15, 0.2) is 46.2 Å². The van der Waals surface area contributed by atoms with Crippen LogP contribution in [0.4, 0.5) is 11.4 Å². The molecule has 2 rings (SSSR count). The molecule has 0 fully saturated rings. The highest BCUT2D eigenvalue weighted by atomic mass is 32.2. The maximum Gasteiger partial charge on any atom is 0.273 e. The predicted octanol–water partition coefficient (Wildman–Crippen LogP) is 4.85. The summed E-state index contributed by atoms with van der Waals surface area (Å²) in [6, 6.07) is 9.45. The molecule has 2 aromatic carbocycles. The van der Waals surface area contributed by atoms with E-state index in [4.69, 9.17) is 3.63 Å². The molecule has 0 saturated carbocycles. The van der Waals surface area contributed by atoms with Gasteiger partial charge in [0, 0.05) is 57.1 Å². The van der Waals surface area contributed by atoms with Gasteiger partial charge >= 0.3 is 0 Å². The largest absolute Gasteiger partial charge is 0.273 e. The predicted molar refractivity (Wildman–Crippen MR) is 88.5 cm³/mol. The molecule has 0 saturated heterocycles. The van der Waals surface area contributed by atoms with Crippen molar-refractivity contribution in [1.82, 2.24) is 0 Å². The van der Waals surface area contributed by atoms with E-state index in [1.807, 2.05) is 0 Å². The molecule has 0 N–H and O–H groups in total. The van der Waals surface area contributed by atoms with Crippen molar-refractivity contribution in [3.8, 4) is 0 Å². The van der Waals surface area contributed by atoms with Gasteiger partial charge in [0.15, 0.2) is 0 Å². The summed E-state index contributed by atoms with van der Waals surface area (Å²) in [5.74, 6) is 0. The number of nitrogens with zero attached hydrogens (tertiary/aromatic N) is 2. The molecule has 120 valence electrons. The summed E-state index contributed by atoms with van der Waals surface area (Å²) in [5.41, 5.74) is 1.07. The average molecular weight is 352 g/mol. The lowest BCUT2D eigenvalue weighted by atomic mass is 10.2. The SMILES string of the molecule is Cc1c(SOSc2cccc([N+](=O)[O-])c2C)cccc1[N+](=O)[O-]. The fourth-order valence-electron chi connectivity index (χ4n) is 1.87. The monoisotopic (exact) mass is 352 g/mol. The lowest BCUT2D eigenvalue weighted by Crippen LogP contribution is -1.93. The highest BCUT2D eigenvalue weighted by Gasteiger charge is 2.16. The van der Waals surface area contributed by atoms with Crippen LogP contribution in [0.25, 0.3) is 0 Å². The molecule has 0 heterocycles. The highest BCUT2D eigenvalue weighted by Crippen LogP contribution is 2.37. The van der Waals surface area contributed by atoms with E-state index in [0.717, 1.165) is 24.1 Å². The fourth-order valence-corrected chi connectivity index (χ4v) is 3.32. The highest BCUT2D eigenvalue weighted by molar-refractivity contribution is 8.08. The van der Waals surface area contributed by atoms with Gasteiger partial charge in [-0.3, -0.25) is 20.2 Å². The van der Waals surface area contributed by atoms with Crippen LogP contribution in [-0.2, 0) is 3.63 Å². The Morgan fingerprint density at radius 1 is 0.826 bits per heavy atom. The van der Waals surface area contributed by atoms with E-state index in [9.17, 15) is 20.2 Å². The van der Waals surface area contributed by atoms with Crippen LogP contribution in [0.1, 0.15) is 11.1 Å². The molecule has 9 heteroatoms. The van der Waals surface area contributed by atoms with Crippen molar-refractivity contribution in [2.24, 2.45) is 0 Å². The van der Waals surface area contributed by atoms with E-state index in [2.05, 4.69) is 0 Å². The molecule has 0 bridgehead atoms. The van der Waals surface area contributed by atoms with Crippen molar-refractivity contribution in [3.63, 3.8) is 0 Å². The van der Waals surface area contributed by atoms with E-state index >= 15 is 0 Å². The van der Waals surface area contributed by atoms with Gasteiger partial charge in [-0.1, -0.05) is 12.1 Å². The summed E-state index contributed by atoms with van der Waals surface area (Å²) < 4.78 is 5.43. The fraction of sp³-hybridized carbons (Fsp3) is 0.143. The molecule has 0 amide bonds. The molecule has 0 aliphatic heterocycles. The molecular weight excluding hydrogens is 340 g/mol. The summed E-state index contributed by atoms with van der Waals surface area (Å²) >= 11 is 1.97. The number of rotatable bonds is 6. The second kappa shape index (κ2) is 7.44. The maximum absolute atomic E-state index is 10.9. The van der Waals surface area contributed by atoms with Crippen molar-refractivity contribution >= 4 is 35.5 Å². The average Bonchev–Trinajstić information content (AvgIpc) is 2.50. The summed E-state index contributed by atoms with van der Waals surface area (Å²) in [6.07, 6.45) is 0. The Kier molecular flexibility index (Phi) is 5.59. The van der Waals surface area contributed by atoms with Crippen molar-refractivity contribution in [1.29, 1.82) is 0 Å². The Morgan fingerprint density at radius 2 is 1.22 bits per heavy atom. The van der Waals surface area contributed by atoms with Crippen LogP contribution in [0.2, 0.25) is 0 Å². The van der Waals surface area contributed by atoms with Crippen LogP contribution in [-0.4, -0.2) is 9.85 Å². The molecule has 0 spiro atoms. The van der Waals surface area contributed by atoms with Crippen LogP contribution in [0.3, 0.4) is 0 Å². The van der Waals surface area contributed by atoms with Gasteiger partial charge in [-0.15, -0.1) is 0 Å². The molecule has 0 aliphatic carbocycles. The first-order valence-electron chi connectivity index (χ1n) is 6.41. The van der Waals surface area contributed by atoms with Crippen molar-refractivity contribution in [3.05, 3.63) is 67.8 Å². The summed E-state index contributed by atoms with van der Waals surface area (Å²) in [6.45, 7) is 3.29. The molecule has 7 nitrogen and oxygen atoms in total. The lowest BCUT2D eigenvalue weighted by Gasteiger charge is -2.07. The zero-order valence-corrected chi connectivity index (χ0v) is 13.8. The standard InChI is InChI=1S/C14H12N2O5S2/c1-9-11(15(17)18)5-3-7-13(9)22-21-23-14-8-4-6-12(10(14)2)16(19)20/h3-8H,1-2H3. The molecule has 0 atom stereocenters. The van der Waals surface area contributed by atoms with Crippen LogP contribution >= 0.6 is 24.1 Å². The molecule has 2 aromatic rings. The van der Waals surface area contributed by atoms with Gasteiger partial charge in [0.1, 0.15) is 0 Å². The molecule has 0 unspecified atom stereocenters. The minimum atomic E-state index is -0.447. The summed E-state index contributed by atoms with van der Waals surface area (Å²) in [5, 5.41) is 21.8. The molecule has 0 radical (unpaired) electrons. The Hall–Kier alpha value is -2.10. The van der Waals surface area contributed by atoms with Crippen LogP contribution in [0.5, 0.6) is 0 Å². The van der Waals surface area contributed by atoms with Crippen LogP contribution < -0.4 is 0 Å². The van der Waals surface area contributed by atoms with Crippen molar-refractivity contribution in [2.75, 3.05) is 0 Å². The zero-order chi connectivity index (χ0) is 17.0. The maximum atomic E-state index is 10.9. The van der Waals surface area contributed by atoms with Crippen molar-refractivity contribution in [2.45, 2.75) is 23.6 Å². The first kappa shape index (κ1) is 17.3. The molecule has 0 aromatic heterocycles. The first-order valence-corrected chi connectivity index (χ1v) is 7.89. The van der Waals surface area contributed by atoms with Crippen LogP contribution in [0, 0.1) is 34.1 Å². The van der Waals surface area contributed by atoms with Gasteiger partial charge in [0.2, 0.25) is 0 Å². The van der Waals surface area contributed by atoms with Gasteiger partial charge in [0.05, 0.1) is 9.85 Å². The number of benzene rings is 2. The van der Waals surface area contributed by atoms with E-state index in [1.54, 1.807) is 38.1 Å². The number of nitro groups is 2. The Labute approximate surface area is 140 Å². The number of hydrogen-bond acceptors (Lipinski definition) is 7.